The Labute approximate surface area is 136 Å². The lowest BCUT2D eigenvalue weighted by molar-refractivity contribution is -0.129. The Hall–Kier alpha value is -1.81. The van der Waals surface area contributed by atoms with E-state index in [-0.39, 0.29) is 11.8 Å². The molecular weight excluding hydrogens is 300 g/mol. The zero-order valence-corrected chi connectivity index (χ0v) is 14.2. The van der Waals surface area contributed by atoms with E-state index in [2.05, 4.69) is 37.2 Å². The van der Waals surface area contributed by atoms with Crippen LogP contribution < -0.4 is 0 Å². The van der Waals surface area contributed by atoms with E-state index >= 15 is 0 Å². The van der Waals surface area contributed by atoms with Crippen LogP contribution >= 0.6 is 11.6 Å². The molecule has 0 aliphatic rings. The number of rotatable bonds is 5. The smallest absolute Gasteiger partial charge is 0.238 e. The summed E-state index contributed by atoms with van der Waals surface area (Å²) >= 11 is 5.77. The Morgan fingerprint density at radius 1 is 1.23 bits per heavy atom. The van der Waals surface area contributed by atoms with Crippen LogP contribution in [0.4, 0.5) is 0 Å². The summed E-state index contributed by atoms with van der Waals surface area (Å²) in [6, 6.07) is 6.24. The van der Waals surface area contributed by atoms with Crippen LogP contribution in [-0.2, 0) is 17.9 Å². The third-order valence-corrected chi connectivity index (χ3v) is 4.09. The Balaban J connectivity index is 2.25. The van der Waals surface area contributed by atoms with Gasteiger partial charge in [-0.05, 0) is 38.8 Å². The van der Waals surface area contributed by atoms with E-state index in [0.717, 1.165) is 22.6 Å². The number of halogens is 1. The standard InChI is InChI=1S/C17H21ClN2O2/c1-11-5-6-15(12(2)7-11)9-20(17(21)8-18)10-16-13(3)19-22-14(16)4/h5-7H,8-10H2,1-4H3. The van der Waals surface area contributed by atoms with Crippen molar-refractivity contribution in [1.82, 2.24) is 10.1 Å². The van der Waals surface area contributed by atoms with Gasteiger partial charge in [0, 0.05) is 12.1 Å². The number of carbonyl (C=O) groups excluding carboxylic acids is 1. The minimum atomic E-state index is -0.0957. The van der Waals surface area contributed by atoms with Gasteiger partial charge in [-0.25, -0.2) is 0 Å². The molecule has 1 amide bonds. The summed E-state index contributed by atoms with van der Waals surface area (Å²) in [4.78, 5) is 13.9. The Bertz CT molecular complexity index is 660. The quantitative estimate of drug-likeness (QED) is 0.790. The lowest BCUT2D eigenvalue weighted by Crippen LogP contribution is -2.31. The number of nitrogens with zero attached hydrogens (tertiary/aromatic N) is 2. The van der Waals surface area contributed by atoms with E-state index in [0.29, 0.717) is 13.1 Å². The van der Waals surface area contributed by atoms with Crippen LogP contribution in [0.5, 0.6) is 0 Å². The van der Waals surface area contributed by atoms with Crippen LogP contribution in [0.15, 0.2) is 22.7 Å². The molecule has 4 nitrogen and oxygen atoms in total. The summed E-state index contributed by atoms with van der Waals surface area (Å²) in [6.07, 6.45) is 0. The van der Waals surface area contributed by atoms with Crippen molar-refractivity contribution in [3.63, 3.8) is 0 Å². The maximum absolute atomic E-state index is 12.2. The molecule has 1 heterocycles. The number of amides is 1. The van der Waals surface area contributed by atoms with E-state index < -0.39 is 0 Å². The van der Waals surface area contributed by atoms with Gasteiger partial charge >= 0.3 is 0 Å². The normalized spacial score (nSPS) is 10.8. The molecule has 1 aromatic heterocycles. The van der Waals surface area contributed by atoms with E-state index in [1.54, 1.807) is 4.90 Å². The van der Waals surface area contributed by atoms with Crippen LogP contribution in [0.3, 0.4) is 0 Å². The molecule has 0 spiro atoms. The zero-order valence-electron chi connectivity index (χ0n) is 13.4. The third kappa shape index (κ3) is 3.69. The van der Waals surface area contributed by atoms with Gasteiger partial charge in [-0.3, -0.25) is 4.79 Å². The molecule has 22 heavy (non-hydrogen) atoms. The van der Waals surface area contributed by atoms with Crippen molar-refractivity contribution in [2.75, 3.05) is 5.88 Å². The van der Waals surface area contributed by atoms with Gasteiger partial charge in [0.05, 0.1) is 12.2 Å². The van der Waals surface area contributed by atoms with E-state index in [4.69, 9.17) is 16.1 Å². The Kier molecular flexibility index (Phi) is 5.24. The first-order valence-electron chi connectivity index (χ1n) is 7.24. The molecule has 0 unspecified atom stereocenters. The molecule has 118 valence electrons. The highest BCUT2D eigenvalue weighted by atomic mass is 35.5. The molecule has 0 aliphatic carbocycles. The van der Waals surface area contributed by atoms with Crippen molar-refractivity contribution in [2.24, 2.45) is 0 Å². The largest absolute Gasteiger partial charge is 0.361 e. The Morgan fingerprint density at radius 3 is 2.50 bits per heavy atom. The topological polar surface area (TPSA) is 46.3 Å². The van der Waals surface area contributed by atoms with Gasteiger partial charge in [-0.1, -0.05) is 28.9 Å². The SMILES string of the molecule is Cc1ccc(CN(Cc2c(C)noc2C)C(=O)CCl)c(C)c1. The molecule has 1 aromatic carbocycles. The maximum atomic E-state index is 12.2. The molecule has 0 aliphatic heterocycles. The summed E-state index contributed by atoms with van der Waals surface area (Å²) in [5.41, 5.74) is 5.26. The summed E-state index contributed by atoms with van der Waals surface area (Å²) in [5.74, 6) is 0.612. The Morgan fingerprint density at radius 2 is 1.95 bits per heavy atom. The molecule has 0 saturated carbocycles. The highest BCUT2D eigenvalue weighted by molar-refractivity contribution is 6.27. The second-order valence-electron chi connectivity index (χ2n) is 5.62. The van der Waals surface area contributed by atoms with Gasteiger partial charge in [0.25, 0.3) is 0 Å². The average molecular weight is 321 g/mol. The first-order valence-corrected chi connectivity index (χ1v) is 7.77. The second-order valence-corrected chi connectivity index (χ2v) is 5.88. The molecule has 0 bridgehead atoms. The molecule has 0 fully saturated rings. The summed E-state index contributed by atoms with van der Waals surface area (Å²) in [5, 5.41) is 3.94. The predicted octanol–water partition coefficient (Wildman–Crippen LogP) is 3.68. The molecule has 5 heteroatoms. The monoisotopic (exact) mass is 320 g/mol. The predicted molar refractivity (Wildman–Crippen MR) is 86.9 cm³/mol. The summed E-state index contributed by atoms with van der Waals surface area (Å²) < 4.78 is 5.18. The fraction of sp³-hybridized carbons (Fsp3) is 0.412. The van der Waals surface area contributed by atoms with Crippen LogP contribution in [0, 0.1) is 27.7 Å². The van der Waals surface area contributed by atoms with E-state index in [1.807, 2.05) is 13.8 Å². The molecule has 2 rings (SSSR count). The van der Waals surface area contributed by atoms with Gasteiger partial charge < -0.3 is 9.42 Å². The van der Waals surface area contributed by atoms with E-state index in [9.17, 15) is 4.79 Å². The van der Waals surface area contributed by atoms with Gasteiger partial charge in [-0.15, -0.1) is 11.6 Å². The van der Waals surface area contributed by atoms with Crippen molar-refractivity contribution < 1.29 is 9.32 Å². The number of aromatic nitrogens is 1. The number of aryl methyl sites for hydroxylation is 4. The summed E-state index contributed by atoms with van der Waals surface area (Å²) in [7, 11) is 0. The van der Waals surface area contributed by atoms with Crippen molar-refractivity contribution in [3.05, 3.63) is 51.9 Å². The lowest BCUT2D eigenvalue weighted by atomic mass is 10.0. The molecule has 0 N–H and O–H groups in total. The third-order valence-electron chi connectivity index (χ3n) is 3.86. The molecule has 0 atom stereocenters. The minimum absolute atomic E-state index is 0.0334. The maximum Gasteiger partial charge on any atom is 0.238 e. The van der Waals surface area contributed by atoms with Crippen molar-refractivity contribution >= 4 is 17.5 Å². The fourth-order valence-electron chi connectivity index (χ4n) is 2.46. The minimum Gasteiger partial charge on any atom is -0.361 e. The number of hydrogen-bond acceptors (Lipinski definition) is 3. The van der Waals surface area contributed by atoms with Crippen molar-refractivity contribution in [2.45, 2.75) is 40.8 Å². The zero-order chi connectivity index (χ0) is 16.3. The van der Waals surface area contributed by atoms with Crippen LogP contribution in [0.25, 0.3) is 0 Å². The number of carbonyl (C=O) groups is 1. The lowest BCUT2D eigenvalue weighted by Gasteiger charge is -2.23. The van der Waals surface area contributed by atoms with Crippen LogP contribution in [0.1, 0.15) is 33.7 Å². The number of benzene rings is 1. The summed E-state index contributed by atoms with van der Waals surface area (Å²) in [6.45, 7) is 8.84. The number of alkyl halides is 1. The van der Waals surface area contributed by atoms with Gasteiger partial charge in [0.1, 0.15) is 11.6 Å². The first kappa shape index (κ1) is 16.6. The van der Waals surface area contributed by atoms with Crippen LogP contribution in [0.2, 0.25) is 0 Å². The van der Waals surface area contributed by atoms with E-state index in [1.165, 1.54) is 11.1 Å². The molecule has 0 radical (unpaired) electrons. The molecule has 2 aromatic rings. The van der Waals surface area contributed by atoms with Gasteiger partial charge in [-0.2, -0.15) is 0 Å². The van der Waals surface area contributed by atoms with Gasteiger partial charge in [0.2, 0.25) is 5.91 Å². The highest BCUT2D eigenvalue weighted by Crippen LogP contribution is 2.19. The average Bonchev–Trinajstić information content (AvgIpc) is 2.79. The van der Waals surface area contributed by atoms with Crippen molar-refractivity contribution in [1.29, 1.82) is 0 Å². The fourth-order valence-corrected chi connectivity index (χ4v) is 2.63. The second kappa shape index (κ2) is 6.97. The number of hydrogen-bond donors (Lipinski definition) is 0. The van der Waals surface area contributed by atoms with Crippen molar-refractivity contribution in [3.8, 4) is 0 Å². The van der Waals surface area contributed by atoms with Crippen LogP contribution in [-0.4, -0.2) is 21.8 Å². The highest BCUT2D eigenvalue weighted by Gasteiger charge is 2.19. The van der Waals surface area contributed by atoms with Gasteiger partial charge in [0.15, 0.2) is 0 Å². The molecular formula is C17H21ClN2O2. The molecule has 0 saturated heterocycles. The first-order chi connectivity index (χ1) is 10.4.